The van der Waals surface area contributed by atoms with Crippen LogP contribution in [0.2, 0.25) is 0 Å². The number of nitrogens with zero attached hydrogens (tertiary/aromatic N) is 3. The molecule has 5 heteroatoms. The van der Waals surface area contributed by atoms with E-state index < -0.39 is 0 Å². The molecule has 0 radical (unpaired) electrons. The summed E-state index contributed by atoms with van der Waals surface area (Å²) < 4.78 is 5.04. The van der Waals surface area contributed by atoms with E-state index in [-0.39, 0.29) is 6.04 Å². The number of pyridine rings is 1. The first kappa shape index (κ1) is 11.5. The Balaban J connectivity index is 2.10. The number of hydrogen-bond acceptors (Lipinski definition) is 5. The topological polar surface area (TPSA) is 73.9 Å². The lowest BCUT2D eigenvalue weighted by atomic mass is 10.1. The second kappa shape index (κ2) is 5.36. The van der Waals surface area contributed by atoms with Crippen LogP contribution in [0.5, 0.6) is 5.88 Å². The van der Waals surface area contributed by atoms with Crippen LogP contribution in [0.1, 0.15) is 17.3 Å². The number of aromatic nitrogens is 3. The van der Waals surface area contributed by atoms with E-state index in [0.717, 1.165) is 11.3 Å². The molecule has 0 aliphatic rings. The largest absolute Gasteiger partial charge is 0.481 e. The van der Waals surface area contributed by atoms with Gasteiger partial charge in [-0.2, -0.15) is 0 Å². The molecular weight excluding hydrogens is 216 g/mol. The molecule has 1 unspecified atom stereocenters. The summed E-state index contributed by atoms with van der Waals surface area (Å²) in [5, 5.41) is 0. The maximum atomic E-state index is 6.08. The molecule has 0 aromatic carbocycles. The molecule has 2 rings (SSSR count). The van der Waals surface area contributed by atoms with Gasteiger partial charge in [-0.15, -0.1) is 0 Å². The summed E-state index contributed by atoms with van der Waals surface area (Å²) in [6.45, 7) is 0. The SMILES string of the molecule is COc1cc(CC(N)c2cccnc2)ncn1. The molecular formula is C12H14N4O. The van der Waals surface area contributed by atoms with Crippen molar-refractivity contribution >= 4 is 0 Å². The molecule has 0 aliphatic heterocycles. The van der Waals surface area contributed by atoms with Gasteiger partial charge in [0.1, 0.15) is 6.33 Å². The van der Waals surface area contributed by atoms with Crippen molar-refractivity contribution in [2.45, 2.75) is 12.5 Å². The molecule has 0 aliphatic carbocycles. The number of ether oxygens (including phenoxy) is 1. The third-order valence-corrected chi connectivity index (χ3v) is 2.45. The molecule has 17 heavy (non-hydrogen) atoms. The minimum Gasteiger partial charge on any atom is -0.481 e. The van der Waals surface area contributed by atoms with Gasteiger partial charge in [0.05, 0.1) is 7.11 Å². The summed E-state index contributed by atoms with van der Waals surface area (Å²) in [6, 6.07) is 5.49. The lowest BCUT2D eigenvalue weighted by Gasteiger charge is -2.11. The Morgan fingerprint density at radius 2 is 2.29 bits per heavy atom. The Labute approximate surface area is 99.7 Å². The molecule has 88 valence electrons. The predicted molar refractivity (Wildman–Crippen MR) is 63.5 cm³/mol. The van der Waals surface area contributed by atoms with Gasteiger partial charge in [-0.25, -0.2) is 9.97 Å². The van der Waals surface area contributed by atoms with E-state index in [4.69, 9.17) is 10.5 Å². The van der Waals surface area contributed by atoms with Crippen molar-refractivity contribution in [3.05, 3.63) is 48.2 Å². The average molecular weight is 230 g/mol. The highest BCUT2D eigenvalue weighted by atomic mass is 16.5. The number of methoxy groups -OCH3 is 1. The first-order valence-corrected chi connectivity index (χ1v) is 5.30. The van der Waals surface area contributed by atoms with E-state index >= 15 is 0 Å². The van der Waals surface area contributed by atoms with Crippen LogP contribution in [0.25, 0.3) is 0 Å². The second-order valence-electron chi connectivity index (χ2n) is 3.65. The molecule has 0 spiro atoms. The van der Waals surface area contributed by atoms with Crippen molar-refractivity contribution in [3.8, 4) is 5.88 Å². The first-order chi connectivity index (χ1) is 8.29. The van der Waals surface area contributed by atoms with Crippen molar-refractivity contribution in [2.75, 3.05) is 7.11 Å². The van der Waals surface area contributed by atoms with Crippen LogP contribution in [0.4, 0.5) is 0 Å². The molecule has 5 nitrogen and oxygen atoms in total. The first-order valence-electron chi connectivity index (χ1n) is 5.30. The fourth-order valence-corrected chi connectivity index (χ4v) is 1.54. The van der Waals surface area contributed by atoms with Crippen molar-refractivity contribution in [1.82, 2.24) is 15.0 Å². The van der Waals surface area contributed by atoms with E-state index in [1.54, 1.807) is 25.6 Å². The maximum absolute atomic E-state index is 6.08. The molecule has 1 atom stereocenters. The zero-order valence-electron chi connectivity index (χ0n) is 9.58. The molecule has 2 aromatic heterocycles. The quantitative estimate of drug-likeness (QED) is 0.852. The van der Waals surface area contributed by atoms with Gasteiger partial charge < -0.3 is 10.5 Å². The normalized spacial score (nSPS) is 12.1. The number of rotatable bonds is 4. The molecule has 0 amide bonds. The Morgan fingerprint density at radius 3 is 3.00 bits per heavy atom. The standard InChI is InChI=1S/C12H14N4O/c1-17-12-6-10(15-8-16-12)5-11(13)9-3-2-4-14-7-9/h2-4,6-8,11H,5,13H2,1H3. The van der Waals surface area contributed by atoms with Gasteiger partial charge in [0.2, 0.25) is 5.88 Å². The number of hydrogen-bond donors (Lipinski definition) is 1. The van der Waals surface area contributed by atoms with Crippen LogP contribution in [0.15, 0.2) is 36.9 Å². The minimum atomic E-state index is -0.122. The molecule has 0 saturated carbocycles. The second-order valence-corrected chi connectivity index (χ2v) is 3.65. The lowest BCUT2D eigenvalue weighted by Crippen LogP contribution is -2.14. The molecule has 2 heterocycles. The summed E-state index contributed by atoms with van der Waals surface area (Å²) in [5.41, 5.74) is 7.92. The van der Waals surface area contributed by atoms with E-state index in [0.29, 0.717) is 12.3 Å². The van der Waals surface area contributed by atoms with Crippen LogP contribution < -0.4 is 10.5 Å². The van der Waals surface area contributed by atoms with E-state index in [9.17, 15) is 0 Å². The third kappa shape index (κ3) is 2.98. The summed E-state index contributed by atoms with van der Waals surface area (Å²) in [7, 11) is 1.58. The summed E-state index contributed by atoms with van der Waals surface area (Å²) in [4.78, 5) is 12.2. The van der Waals surface area contributed by atoms with Gasteiger partial charge in [0.15, 0.2) is 0 Å². The van der Waals surface area contributed by atoms with Crippen molar-refractivity contribution in [1.29, 1.82) is 0 Å². The molecule has 0 bridgehead atoms. The molecule has 2 N–H and O–H groups in total. The fraction of sp³-hybridized carbons (Fsp3) is 0.250. The van der Waals surface area contributed by atoms with E-state index in [1.165, 1.54) is 6.33 Å². The smallest absolute Gasteiger partial charge is 0.216 e. The Morgan fingerprint density at radius 1 is 1.41 bits per heavy atom. The summed E-state index contributed by atoms with van der Waals surface area (Å²) >= 11 is 0. The number of nitrogens with two attached hydrogens (primary N) is 1. The van der Waals surface area contributed by atoms with Gasteiger partial charge >= 0.3 is 0 Å². The molecule has 0 fully saturated rings. The van der Waals surface area contributed by atoms with Crippen LogP contribution in [0.3, 0.4) is 0 Å². The van der Waals surface area contributed by atoms with Gasteiger partial charge in [-0.05, 0) is 11.6 Å². The average Bonchev–Trinajstić information content (AvgIpc) is 2.40. The highest BCUT2D eigenvalue weighted by molar-refractivity contribution is 5.19. The zero-order valence-corrected chi connectivity index (χ0v) is 9.58. The molecule has 0 saturated heterocycles. The van der Waals surface area contributed by atoms with E-state index in [2.05, 4.69) is 15.0 Å². The summed E-state index contributed by atoms with van der Waals surface area (Å²) in [5.74, 6) is 0.549. The Bertz CT molecular complexity index is 475. The highest BCUT2D eigenvalue weighted by Crippen LogP contribution is 2.15. The fourth-order valence-electron chi connectivity index (χ4n) is 1.54. The summed E-state index contributed by atoms with van der Waals surface area (Å²) in [6.07, 6.45) is 5.60. The maximum Gasteiger partial charge on any atom is 0.216 e. The van der Waals surface area contributed by atoms with Crippen LogP contribution in [0, 0.1) is 0 Å². The minimum absolute atomic E-state index is 0.122. The Kier molecular flexibility index (Phi) is 3.62. The monoisotopic (exact) mass is 230 g/mol. The van der Waals surface area contributed by atoms with Gasteiger partial charge in [0.25, 0.3) is 0 Å². The lowest BCUT2D eigenvalue weighted by molar-refractivity contribution is 0.395. The van der Waals surface area contributed by atoms with Gasteiger partial charge in [-0.1, -0.05) is 6.07 Å². The van der Waals surface area contributed by atoms with E-state index in [1.807, 2.05) is 12.1 Å². The van der Waals surface area contributed by atoms with Crippen molar-refractivity contribution in [3.63, 3.8) is 0 Å². The predicted octanol–water partition coefficient (Wildman–Crippen LogP) is 1.12. The highest BCUT2D eigenvalue weighted by Gasteiger charge is 2.08. The van der Waals surface area contributed by atoms with Crippen LogP contribution >= 0.6 is 0 Å². The van der Waals surface area contributed by atoms with Crippen molar-refractivity contribution in [2.24, 2.45) is 5.73 Å². The third-order valence-electron chi connectivity index (χ3n) is 2.45. The van der Waals surface area contributed by atoms with Gasteiger partial charge in [0, 0.05) is 36.6 Å². The zero-order chi connectivity index (χ0) is 12.1. The Hall–Kier alpha value is -2.01. The molecule has 2 aromatic rings. The van der Waals surface area contributed by atoms with Crippen LogP contribution in [-0.4, -0.2) is 22.1 Å². The van der Waals surface area contributed by atoms with Crippen LogP contribution in [-0.2, 0) is 6.42 Å². The van der Waals surface area contributed by atoms with Crippen molar-refractivity contribution < 1.29 is 4.74 Å². The van der Waals surface area contributed by atoms with Gasteiger partial charge in [-0.3, -0.25) is 4.98 Å².